The third-order valence-corrected chi connectivity index (χ3v) is 4.94. The second kappa shape index (κ2) is 7.04. The van der Waals surface area contributed by atoms with Crippen LogP contribution >= 0.6 is 0 Å². The summed E-state index contributed by atoms with van der Waals surface area (Å²) in [5.74, 6) is -0.731. The van der Waals surface area contributed by atoms with Crippen LogP contribution < -0.4 is 5.32 Å². The van der Waals surface area contributed by atoms with Gasteiger partial charge >= 0.3 is 0 Å². The van der Waals surface area contributed by atoms with Gasteiger partial charge in [-0.2, -0.15) is 5.10 Å². The molecule has 146 valence electrons. The van der Waals surface area contributed by atoms with Gasteiger partial charge in [-0.15, -0.1) is 0 Å². The molecule has 5 rings (SSSR count). The van der Waals surface area contributed by atoms with Crippen LogP contribution in [0.4, 0.5) is 10.1 Å². The van der Waals surface area contributed by atoms with Crippen molar-refractivity contribution in [2.45, 2.75) is 6.92 Å². The summed E-state index contributed by atoms with van der Waals surface area (Å²) in [6.45, 7) is 1.89. The number of anilines is 1. The van der Waals surface area contributed by atoms with E-state index in [9.17, 15) is 9.18 Å². The van der Waals surface area contributed by atoms with Crippen molar-refractivity contribution >= 4 is 33.5 Å². The molecule has 0 fully saturated rings. The number of halogens is 1. The third kappa shape index (κ3) is 3.16. The van der Waals surface area contributed by atoms with E-state index in [-0.39, 0.29) is 5.91 Å². The van der Waals surface area contributed by atoms with E-state index in [1.165, 1.54) is 12.1 Å². The highest BCUT2D eigenvalue weighted by molar-refractivity contribution is 6.13. The van der Waals surface area contributed by atoms with Gasteiger partial charge in [0.25, 0.3) is 5.91 Å². The molecule has 3 heterocycles. The van der Waals surface area contributed by atoms with E-state index in [0.29, 0.717) is 33.5 Å². The SMILES string of the molecule is Cc1[nH]nc2ncc(NC(=O)c3cc(-c4ccccc4)nc4cc(F)ccc34)cc12. The number of aromatic amines is 1. The van der Waals surface area contributed by atoms with E-state index in [2.05, 4.69) is 25.5 Å². The van der Waals surface area contributed by atoms with Gasteiger partial charge in [0.2, 0.25) is 0 Å². The van der Waals surface area contributed by atoms with Crippen LogP contribution in [0.15, 0.2) is 66.9 Å². The van der Waals surface area contributed by atoms with E-state index < -0.39 is 5.82 Å². The average molecular weight is 397 g/mol. The Kier molecular flexibility index (Phi) is 4.21. The predicted octanol–water partition coefficient (Wildman–Crippen LogP) is 4.87. The molecule has 0 aliphatic heterocycles. The van der Waals surface area contributed by atoms with Crippen LogP contribution in [0.3, 0.4) is 0 Å². The highest BCUT2D eigenvalue weighted by Gasteiger charge is 2.16. The summed E-state index contributed by atoms with van der Waals surface area (Å²) in [6.07, 6.45) is 1.56. The van der Waals surface area contributed by atoms with E-state index in [1.807, 2.05) is 43.3 Å². The number of pyridine rings is 2. The molecule has 0 radical (unpaired) electrons. The maximum Gasteiger partial charge on any atom is 0.256 e. The summed E-state index contributed by atoms with van der Waals surface area (Å²) in [5.41, 5.74) is 4.26. The fourth-order valence-electron chi connectivity index (χ4n) is 3.43. The Hall–Kier alpha value is -4.13. The van der Waals surface area contributed by atoms with Crippen LogP contribution in [0.1, 0.15) is 16.1 Å². The fraction of sp³-hybridized carbons (Fsp3) is 0.0435. The molecule has 0 saturated heterocycles. The smallest absolute Gasteiger partial charge is 0.256 e. The van der Waals surface area contributed by atoms with Crippen molar-refractivity contribution in [1.29, 1.82) is 0 Å². The molecule has 3 aromatic heterocycles. The first-order valence-electron chi connectivity index (χ1n) is 9.36. The first kappa shape index (κ1) is 17.9. The van der Waals surface area contributed by atoms with Crippen molar-refractivity contribution in [3.8, 4) is 11.3 Å². The van der Waals surface area contributed by atoms with Crippen molar-refractivity contribution in [2.75, 3.05) is 5.32 Å². The zero-order valence-electron chi connectivity index (χ0n) is 16.0. The average Bonchev–Trinajstić information content (AvgIpc) is 3.13. The largest absolute Gasteiger partial charge is 0.321 e. The standard InChI is InChI=1S/C23H16FN5O/c1-13-18-10-16(12-25-22(18)29-28-13)26-23(30)19-11-20(14-5-3-2-4-6-14)27-21-9-15(24)7-8-17(19)21/h2-12H,1H3,(H,26,30)(H,25,28,29). The molecular formula is C23H16FN5O. The van der Waals surface area contributed by atoms with E-state index >= 15 is 0 Å². The molecule has 0 bridgehead atoms. The first-order chi connectivity index (χ1) is 14.6. The van der Waals surface area contributed by atoms with Gasteiger partial charge < -0.3 is 5.32 Å². The number of aryl methyl sites for hydroxylation is 1. The van der Waals surface area contributed by atoms with Gasteiger partial charge in [0.1, 0.15) is 5.82 Å². The van der Waals surface area contributed by atoms with Crippen LogP contribution in [0.2, 0.25) is 0 Å². The first-order valence-corrected chi connectivity index (χ1v) is 9.36. The summed E-state index contributed by atoms with van der Waals surface area (Å²) in [6, 6.07) is 17.2. The van der Waals surface area contributed by atoms with Gasteiger partial charge in [-0.3, -0.25) is 9.89 Å². The normalized spacial score (nSPS) is 11.1. The van der Waals surface area contributed by atoms with Crippen molar-refractivity contribution in [2.24, 2.45) is 0 Å². The van der Waals surface area contributed by atoms with Crippen LogP contribution in [0.25, 0.3) is 33.2 Å². The molecular weight excluding hydrogens is 381 g/mol. The summed E-state index contributed by atoms with van der Waals surface area (Å²) >= 11 is 0. The number of aromatic nitrogens is 4. The van der Waals surface area contributed by atoms with Gasteiger partial charge in [0.05, 0.1) is 28.7 Å². The summed E-state index contributed by atoms with van der Waals surface area (Å²) in [7, 11) is 0. The lowest BCUT2D eigenvalue weighted by molar-refractivity contribution is 0.102. The molecule has 30 heavy (non-hydrogen) atoms. The van der Waals surface area contributed by atoms with Crippen molar-refractivity contribution in [1.82, 2.24) is 20.2 Å². The van der Waals surface area contributed by atoms with Crippen LogP contribution in [-0.4, -0.2) is 26.1 Å². The molecule has 0 aliphatic rings. The number of benzene rings is 2. The summed E-state index contributed by atoms with van der Waals surface area (Å²) in [4.78, 5) is 22.0. The van der Waals surface area contributed by atoms with Gasteiger partial charge in [-0.05, 0) is 31.2 Å². The Bertz CT molecular complexity index is 1410. The van der Waals surface area contributed by atoms with Gasteiger partial charge in [0.15, 0.2) is 5.65 Å². The number of carbonyl (C=O) groups is 1. The number of hydrogen-bond donors (Lipinski definition) is 2. The minimum absolute atomic E-state index is 0.325. The molecule has 5 aromatic rings. The topological polar surface area (TPSA) is 83.6 Å². The Balaban J connectivity index is 1.60. The Morgan fingerprint density at radius 1 is 1.03 bits per heavy atom. The number of H-pyrrole nitrogens is 1. The monoisotopic (exact) mass is 397 g/mol. The number of nitrogens with one attached hydrogen (secondary N) is 2. The quantitative estimate of drug-likeness (QED) is 0.455. The number of rotatable bonds is 3. The minimum atomic E-state index is -0.406. The minimum Gasteiger partial charge on any atom is -0.321 e. The zero-order chi connectivity index (χ0) is 20.7. The predicted molar refractivity (Wildman–Crippen MR) is 114 cm³/mol. The summed E-state index contributed by atoms with van der Waals surface area (Å²) < 4.78 is 13.8. The highest BCUT2D eigenvalue weighted by Crippen LogP contribution is 2.26. The lowest BCUT2D eigenvalue weighted by Gasteiger charge is -2.11. The highest BCUT2D eigenvalue weighted by atomic mass is 19.1. The molecule has 2 aromatic carbocycles. The van der Waals surface area contributed by atoms with E-state index in [4.69, 9.17) is 0 Å². The second-order valence-corrected chi connectivity index (χ2v) is 6.98. The Morgan fingerprint density at radius 2 is 1.87 bits per heavy atom. The van der Waals surface area contributed by atoms with E-state index in [0.717, 1.165) is 16.6 Å². The van der Waals surface area contributed by atoms with Crippen LogP contribution in [0, 0.1) is 12.7 Å². The van der Waals surface area contributed by atoms with Crippen LogP contribution in [0.5, 0.6) is 0 Å². The third-order valence-electron chi connectivity index (χ3n) is 4.94. The molecule has 1 amide bonds. The number of carbonyl (C=O) groups excluding carboxylic acids is 1. The molecule has 0 saturated carbocycles. The van der Waals surface area contributed by atoms with Gasteiger partial charge in [0, 0.05) is 28.1 Å². The molecule has 0 unspecified atom stereocenters. The zero-order valence-corrected chi connectivity index (χ0v) is 16.0. The molecule has 6 nitrogen and oxygen atoms in total. The molecule has 0 atom stereocenters. The number of nitrogens with zero attached hydrogens (tertiary/aromatic N) is 3. The van der Waals surface area contributed by atoms with Gasteiger partial charge in [-0.25, -0.2) is 14.4 Å². The maximum atomic E-state index is 13.8. The Morgan fingerprint density at radius 3 is 2.70 bits per heavy atom. The second-order valence-electron chi connectivity index (χ2n) is 6.98. The molecule has 0 aliphatic carbocycles. The number of amides is 1. The van der Waals surface area contributed by atoms with Crippen molar-refractivity contribution < 1.29 is 9.18 Å². The van der Waals surface area contributed by atoms with Crippen molar-refractivity contribution in [3.63, 3.8) is 0 Å². The molecule has 0 spiro atoms. The van der Waals surface area contributed by atoms with Gasteiger partial charge in [-0.1, -0.05) is 30.3 Å². The molecule has 2 N–H and O–H groups in total. The van der Waals surface area contributed by atoms with E-state index in [1.54, 1.807) is 18.3 Å². The summed E-state index contributed by atoms with van der Waals surface area (Å²) in [5, 5.41) is 11.3. The number of hydrogen-bond acceptors (Lipinski definition) is 4. The number of fused-ring (bicyclic) bond motifs is 2. The molecule has 7 heteroatoms. The fourth-order valence-corrected chi connectivity index (χ4v) is 3.43. The van der Waals surface area contributed by atoms with Crippen LogP contribution in [-0.2, 0) is 0 Å². The maximum absolute atomic E-state index is 13.8. The lowest BCUT2D eigenvalue weighted by Crippen LogP contribution is -2.13. The lowest BCUT2D eigenvalue weighted by atomic mass is 10.0. The Labute approximate surface area is 170 Å². The van der Waals surface area contributed by atoms with Crippen molar-refractivity contribution in [3.05, 3.63) is 83.9 Å².